The maximum Gasteiger partial charge on any atom is 0.242 e. The molecule has 1 aromatic rings. The highest BCUT2D eigenvalue weighted by Gasteiger charge is 2.37. The number of rotatable bonds is 6. The fourth-order valence-corrected chi connectivity index (χ4v) is 4.10. The van der Waals surface area contributed by atoms with Crippen molar-refractivity contribution in [1.82, 2.24) is 4.90 Å². The van der Waals surface area contributed by atoms with Gasteiger partial charge in [0.25, 0.3) is 0 Å². The molecular formula is C15H17NO5S2. The molecule has 1 aromatic carbocycles. The van der Waals surface area contributed by atoms with E-state index in [-0.39, 0.29) is 18.0 Å². The number of carbonyl (C=O) groups excluding carboxylic acids is 1. The van der Waals surface area contributed by atoms with E-state index in [9.17, 15) is 4.79 Å². The van der Waals surface area contributed by atoms with Crippen LogP contribution in [0, 0.1) is 0 Å². The first-order valence-electron chi connectivity index (χ1n) is 7.11. The molecule has 1 atom stereocenters. The molecule has 6 nitrogen and oxygen atoms in total. The van der Waals surface area contributed by atoms with Crippen LogP contribution in [0.15, 0.2) is 12.1 Å². The zero-order valence-corrected chi connectivity index (χ0v) is 14.5. The van der Waals surface area contributed by atoms with Gasteiger partial charge in [-0.25, -0.2) is 0 Å². The van der Waals surface area contributed by atoms with Crippen LogP contribution in [0.4, 0.5) is 0 Å². The summed E-state index contributed by atoms with van der Waals surface area (Å²) in [7, 11) is 3.20. The minimum absolute atomic E-state index is 0.0109. The second-order valence-corrected chi connectivity index (χ2v) is 6.91. The summed E-state index contributed by atoms with van der Waals surface area (Å²) in [6, 6.07) is 3.67. The number of hydrogen-bond acceptors (Lipinski definition) is 7. The van der Waals surface area contributed by atoms with E-state index in [4.69, 9.17) is 31.2 Å². The van der Waals surface area contributed by atoms with E-state index in [0.717, 1.165) is 5.56 Å². The molecule has 1 saturated heterocycles. The molecule has 0 saturated carbocycles. The van der Waals surface area contributed by atoms with Crippen molar-refractivity contribution in [3.8, 4) is 17.2 Å². The third kappa shape index (κ3) is 3.24. The standard InChI is InChI=1S/C15H17NO5S2/c1-18-4-3-16-14(17)13(23-15(16)22)6-9-5-11-12(21-8-20-11)7-10(9)19-2/h5,7,13H,3-4,6,8H2,1-2H3/t13-/m1/s1. The lowest BCUT2D eigenvalue weighted by atomic mass is 10.1. The van der Waals surface area contributed by atoms with Crippen LogP contribution >= 0.6 is 24.0 Å². The SMILES string of the molecule is COCCN1C(=O)[C@@H](Cc2cc3c(cc2OC)OCO3)SC1=S. The Morgan fingerprint density at radius 1 is 1.35 bits per heavy atom. The highest BCUT2D eigenvalue weighted by Crippen LogP contribution is 2.40. The van der Waals surface area contributed by atoms with Crippen molar-refractivity contribution in [2.75, 3.05) is 34.2 Å². The molecule has 0 aliphatic carbocycles. The van der Waals surface area contributed by atoms with Crippen LogP contribution in [0.2, 0.25) is 0 Å². The van der Waals surface area contributed by atoms with Crippen molar-refractivity contribution >= 4 is 34.2 Å². The van der Waals surface area contributed by atoms with Crippen LogP contribution < -0.4 is 14.2 Å². The molecule has 0 unspecified atom stereocenters. The Morgan fingerprint density at radius 3 is 2.78 bits per heavy atom. The van der Waals surface area contributed by atoms with Gasteiger partial charge in [0.15, 0.2) is 11.5 Å². The largest absolute Gasteiger partial charge is 0.496 e. The van der Waals surface area contributed by atoms with Crippen LogP contribution in [0.5, 0.6) is 17.2 Å². The monoisotopic (exact) mass is 355 g/mol. The van der Waals surface area contributed by atoms with Gasteiger partial charge in [-0.05, 0) is 18.1 Å². The summed E-state index contributed by atoms with van der Waals surface area (Å²) in [4.78, 5) is 14.1. The van der Waals surface area contributed by atoms with E-state index in [1.54, 1.807) is 25.2 Å². The van der Waals surface area contributed by atoms with Crippen molar-refractivity contribution in [3.63, 3.8) is 0 Å². The van der Waals surface area contributed by atoms with Crippen molar-refractivity contribution in [2.45, 2.75) is 11.7 Å². The van der Waals surface area contributed by atoms with Gasteiger partial charge in [0.2, 0.25) is 12.7 Å². The van der Waals surface area contributed by atoms with Gasteiger partial charge in [-0.1, -0.05) is 24.0 Å². The summed E-state index contributed by atoms with van der Waals surface area (Å²) in [6.07, 6.45) is 0.521. The Labute approximate surface area is 144 Å². The Bertz CT molecular complexity index is 637. The lowest BCUT2D eigenvalue weighted by molar-refractivity contribution is -0.126. The minimum atomic E-state index is -0.256. The fraction of sp³-hybridized carbons (Fsp3) is 0.467. The lowest BCUT2D eigenvalue weighted by Gasteiger charge is -2.15. The lowest BCUT2D eigenvalue weighted by Crippen LogP contribution is -2.34. The molecule has 124 valence electrons. The van der Waals surface area contributed by atoms with Crippen molar-refractivity contribution in [3.05, 3.63) is 17.7 Å². The van der Waals surface area contributed by atoms with E-state index < -0.39 is 0 Å². The van der Waals surface area contributed by atoms with Gasteiger partial charge in [0.1, 0.15) is 10.1 Å². The second kappa shape index (κ2) is 6.94. The van der Waals surface area contributed by atoms with Crippen LogP contribution in [0.3, 0.4) is 0 Å². The number of hydrogen-bond donors (Lipinski definition) is 0. The predicted molar refractivity (Wildman–Crippen MR) is 90.4 cm³/mol. The second-order valence-electron chi connectivity index (χ2n) is 5.08. The van der Waals surface area contributed by atoms with Gasteiger partial charge in [-0.15, -0.1) is 0 Å². The third-order valence-electron chi connectivity index (χ3n) is 3.70. The van der Waals surface area contributed by atoms with Gasteiger partial charge in [-0.2, -0.15) is 0 Å². The number of amides is 1. The van der Waals surface area contributed by atoms with Gasteiger partial charge >= 0.3 is 0 Å². The van der Waals surface area contributed by atoms with Crippen LogP contribution in [0.25, 0.3) is 0 Å². The quantitative estimate of drug-likeness (QED) is 0.722. The van der Waals surface area contributed by atoms with Crippen molar-refractivity contribution in [2.24, 2.45) is 0 Å². The molecule has 23 heavy (non-hydrogen) atoms. The van der Waals surface area contributed by atoms with E-state index >= 15 is 0 Å². The van der Waals surface area contributed by atoms with E-state index in [1.807, 2.05) is 6.07 Å². The summed E-state index contributed by atoms with van der Waals surface area (Å²) >= 11 is 6.71. The number of thioether (sulfide) groups is 1. The first-order chi connectivity index (χ1) is 11.1. The summed E-state index contributed by atoms with van der Waals surface area (Å²) in [6.45, 7) is 1.15. The molecule has 1 fully saturated rings. The molecule has 0 bridgehead atoms. The maximum absolute atomic E-state index is 12.5. The summed E-state index contributed by atoms with van der Waals surface area (Å²) in [5.41, 5.74) is 0.902. The molecule has 2 aliphatic heterocycles. The zero-order chi connectivity index (χ0) is 16.4. The number of nitrogens with zero attached hydrogens (tertiary/aromatic N) is 1. The molecule has 0 radical (unpaired) electrons. The molecule has 3 rings (SSSR count). The Hall–Kier alpha value is -1.51. The third-order valence-corrected chi connectivity index (χ3v) is 5.29. The van der Waals surface area contributed by atoms with Gasteiger partial charge < -0.3 is 18.9 Å². The van der Waals surface area contributed by atoms with Crippen molar-refractivity contribution in [1.29, 1.82) is 0 Å². The van der Waals surface area contributed by atoms with E-state index in [0.29, 0.717) is 41.1 Å². The zero-order valence-electron chi connectivity index (χ0n) is 12.9. The Kier molecular flexibility index (Phi) is 4.93. The Morgan fingerprint density at radius 2 is 2.09 bits per heavy atom. The minimum Gasteiger partial charge on any atom is -0.496 e. The predicted octanol–water partition coefficient (Wildman–Crippen LogP) is 1.84. The van der Waals surface area contributed by atoms with Gasteiger partial charge in [-0.3, -0.25) is 9.69 Å². The van der Waals surface area contributed by atoms with Gasteiger partial charge in [0.05, 0.1) is 25.5 Å². The average molecular weight is 355 g/mol. The smallest absolute Gasteiger partial charge is 0.242 e. The van der Waals surface area contributed by atoms with E-state index in [1.165, 1.54) is 11.8 Å². The number of carbonyl (C=O) groups is 1. The normalized spacial score (nSPS) is 19.6. The van der Waals surface area contributed by atoms with Crippen molar-refractivity contribution < 1.29 is 23.7 Å². The van der Waals surface area contributed by atoms with Crippen LogP contribution in [-0.2, 0) is 16.0 Å². The molecule has 0 aromatic heterocycles. The first-order valence-corrected chi connectivity index (χ1v) is 8.40. The molecule has 0 N–H and O–H groups in total. The Balaban J connectivity index is 1.77. The highest BCUT2D eigenvalue weighted by atomic mass is 32.2. The first kappa shape index (κ1) is 16.4. The molecule has 2 heterocycles. The molecule has 8 heteroatoms. The summed E-state index contributed by atoms with van der Waals surface area (Å²) in [5.74, 6) is 2.03. The topological polar surface area (TPSA) is 57.2 Å². The average Bonchev–Trinajstić information content (AvgIpc) is 3.10. The number of thiocarbonyl (C=S) groups is 1. The number of fused-ring (bicyclic) bond motifs is 1. The molecule has 0 spiro atoms. The van der Waals surface area contributed by atoms with E-state index in [2.05, 4.69) is 0 Å². The van der Waals surface area contributed by atoms with Crippen LogP contribution in [-0.4, -0.2) is 54.5 Å². The molecule has 1 amide bonds. The summed E-state index contributed by atoms with van der Waals surface area (Å²) in [5, 5.41) is -0.256. The van der Waals surface area contributed by atoms with Gasteiger partial charge in [0, 0.05) is 13.2 Å². The molecule has 2 aliphatic rings. The highest BCUT2D eigenvalue weighted by molar-refractivity contribution is 8.24. The molecular weight excluding hydrogens is 338 g/mol. The van der Waals surface area contributed by atoms with Crippen LogP contribution in [0.1, 0.15) is 5.56 Å². The maximum atomic E-state index is 12.5. The number of benzene rings is 1. The number of methoxy groups -OCH3 is 2. The fourth-order valence-electron chi connectivity index (χ4n) is 2.53. The number of ether oxygens (including phenoxy) is 4. The summed E-state index contributed by atoms with van der Waals surface area (Å²) < 4.78 is 21.8.